The quantitative estimate of drug-likeness (QED) is 0.856. The van der Waals surface area contributed by atoms with Crippen molar-refractivity contribution in [3.63, 3.8) is 0 Å². The van der Waals surface area contributed by atoms with Gasteiger partial charge >= 0.3 is 0 Å². The Bertz CT molecular complexity index is 560. The smallest absolute Gasteiger partial charge is 0.0665 e. The van der Waals surface area contributed by atoms with Gasteiger partial charge in [0.25, 0.3) is 0 Å². The highest BCUT2D eigenvalue weighted by atomic mass is 15.3. The number of likely N-dealkylation sites (N-methyl/N-ethyl adjacent to an activating group) is 1. The summed E-state index contributed by atoms with van der Waals surface area (Å²) in [6.45, 7) is 3.34. The van der Waals surface area contributed by atoms with Gasteiger partial charge in [-0.05, 0) is 51.7 Å². The molecule has 0 amide bonds. The summed E-state index contributed by atoms with van der Waals surface area (Å²) < 4.78 is 2.07. The summed E-state index contributed by atoms with van der Waals surface area (Å²) in [7, 11) is 4.39. The number of fused-ring (bicyclic) bond motifs is 1. The van der Waals surface area contributed by atoms with Crippen molar-refractivity contribution in [2.24, 2.45) is 0 Å². The fourth-order valence-corrected chi connectivity index (χ4v) is 3.12. The molecule has 3 heterocycles. The number of nitrogens with zero attached hydrogens (tertiary/aromatic N) is 4. The van der Waals surface area contributed by atoms with E-state index in [1.54, 1.807) is 0 Å². The fourth-order valence-electron chi connectivity index (χ4n) is 3.12. The van der Waals surface area contributed by atoms with E-state index in [-0.39, 0.29) is 0 Å². The van der Waals surface area contributed by atoms with E-state index >= 15 is 0 Å². The first-order valence-corrected chi connectivity index (χ1v) is 7.54. The highest BCUT2D eigenvalue weighted by molar-refractivity contribution is 5.46. The van der Waals surface area contributed by atoms with E-state index in [2.05, 4.69) is 57.8 Å². The van der Waals surface area contributed by atoms with Crippen LogP contribution in [0.15, 0.2) is 30.5 Å². The van der Waals surface area contributed by atoms with Crippen molar-refractivity contribution >= 4 is 5.52 Å². The Hall–Kier alpha value is -1.39. The molecule has 0 radical (unpaired) electrons. The van der Waals surface area contributed by atoms with Gasteiger partial charge in [-0.1, -0.05) is 12.5 Å². The predicted octanol–water partition coefficient (Wildman–Crippen LogP) is 2.25. The van der Waals surface area contributed by atoms with Gasteiger partial charge in [0.05, 0.1) is 11.2 Å². The third-order valence-electron chi connectivity index (χ3n) is 4.35. The lowest BCUT2D eigenvalue weighted by molar-refractivity contribution is 0.189. The van der Waals surface area contributed by atoms with Crippen molar-refractivity contribution in [2.45, 2.75) is 31.8 Å². The molecule has 20 heavy (non-hydrogen) atoms. The highest BCUT2D eigenvalue weighted by Gasteiger charge is 2.20. The number of rotatable bonds is 3. The molecule has 0 saturated carbocycles. The van der Waals surface area contributed by atoms with Crippen LogP contribution in [-0.2, 0) is 6.54 Å². The molecule has 4 nitrogen and oxygen atoms in total. The second-order valence-corrected chi connectivity index (χ2v) is 6.03. The van der Waals surface area contributed by atoms with E-state index in [4.69, 9.17) is 0 Å². The first-order chi connectivity index (χ1) is 9.74. The Kier molecular flexibility index (Phi) is 4.03. The summed E-state index contributed by atoms with van der Waals surface area (Å²) in [5.74, 6) is 0. The van der Waals surface area contributed by atoms with E-state index in [9.17, 15) is 0 Å². The van der Waals surface area contributed by atoms with E-state index < -0.39 is 0 Å². The van der Waals surface area contributed by atoms with Crippen LogP contribution < -0.4 is 0 Å². The van der Waals surface area contributed by atoms with Crippen LogP contribution in [0.2, 0.25) is 0 Å². The molecule has 1 aliphatic heterocycles. The monoisotopic (exact) mass is 272 g/mol. The molecular weight excluding hydrogens is 248 g/mol. The maximum absolute atomic E-state index is 4.44. The molecule has 108 valence electrons. The topological polar surface area (TPSA) is 23.8 Å². The minimum atomic E-state index is 0.675. The molecule has 3 rings (SSSR count). The van der Waals surface area contributed by atoms with Crippen LogP contribution in [0.25, 0.3) is 5.52 Å². The summed E-state index contributed by atoms with van der Waals surface area (Å²) in [4.78, 5) is 4.95. The number of likely N-dealkylation sites (tertiary alicyclic amines) is 1. The van der Waals surface area contributed by atoms with Crippen molar-refractivity contribution in [1.29, 1.82) is 0 Å². The fraction of sp³-hybridized carbons (Fsp3) is 0.562. The highest BCUT2D eigenvalue weighted by Crippen LogP contribution is 2.17. The summed E-state index contributed by atoms with van der Waals surface area (Å²) in [6.07, 6.45) is 5.84. The lowest BCUT2D eigenvalue weighted by Crippen LogP contribution is -2.38. The van der Waals surface area contributed by atoms with Crippen molar-refractivity contribution in [3.05, 3.63) is 36.2 Å². The molecule has 1 saturated heterocycles. The Labute approximate surface area is 121 Å². The maximum atomic E-state index is 4.44. The Morgan fingerprint density at radius 3 is 3.00 bits per heavy atom. The van der Waals surface area contributed by atoms with Crippen LogP contribution in [0.1, 0.15) is 25.0 Å². The molecule has 1 fully saturated rings. The summed E-state index contributed by atoms with van der Waals surface area (Å²) in [6, 6.07) is 9.17. The summed E-state index contributed by atoms with van der Waals surface area (Å²) in [5.41, 5.74) is 2.47. The van der Waals surface area contributed by atoms with Gasteiger partial charge in [-0.15, -0.1) is 0 Å². The maximum Gasteiger partial charge on any atom is 0.0665 e. The van der Waals surface area contributed by atoms with Crippen LogP contribution in [0.4, 0.5) is 0 Å². The van der Waals surface area contributed by atoms with Gasteiger partial charge in [0.15, 0.2) is 0 Å². The summed E-state index contributed by atoms with van der Waals surface area (Å²) >= 11 is 0. The van der Waals surface area contributed by atoms with Gasteiger partial charge in [0, 0.05) is 25.3 Å². The van der Waals surface area contributed by atoms with Gasteiger partial charge < -0.3 is 4.90 Å². The molecule has 1 aliphatic rings. The molecule has 1 atom stereocenters. The van der Waals surface area contributed by atoms with E-state index in [0.717, 1.165) is 13.1 Å². The minimum absolute atomic E-state index is 0.675. The Morgan fingerprint density at radius 1 is 1.25 bits per heavy atom. The molecular formula is C16H24N4. The molecule has 0 N–H and O–H groups in total. The SMILES string of the molecule is CN(C)[C@H]1CCCCN(Cc2cccc3ccnn23)C1. The zero-order valence-corrected chi connectivity index (χ0v) is 12.5. The average Bonchev–Trinajstić information content (AvgIpc) is 2.79. The van der Waals surface area contributed by atoms with Crippen LogP contribution >= 0.6 is 0 Å². The number of hydrogen-bond acceptors (Lipinski definition) is 3. The lowest BCUT2D eigenvalue weighted by Gasteiger charge is -2.28. The lowest BCUT2D eigenvalue weighted by atomic mass is 10.1. The third-order valence-corrected chi connectivity index (χ3v) is 4.35. The molecule has 4 heteroatoms. The second-order valence-electron chi connectivity index (χ2n) is 6.03. The summed E-state index contributed by atoms with van der Waals surface area (Å²) in [5, 5.41) is 4.44. The van der Waals surface area contributed by atoms with E-state index in [0.29, 0.717) is 6.04 Å². The third kappa shape index (κ3) is 2.86. The van der Waals surface area contributed by atoms with Crippen molar-refractivity contribution in [1.82, 2.24) is 19.4 Å². The van der Waals surface area contributed by atoms with Crippen molar-refractivity contribution < 1.29 is 0 Å². The standard InChI is InChI=1S/C16H24N4/c1-18(2)15-6-3-4-11-19(12-15)13-16-8-5-7-14-9-10-17-20(14)16/h5,7-10,15H,3-4,6,11-13H2,1-2H3/t15-/m0/s1. The Balaban J connectivity index is 1.77. The molecule has 0 aliphatic carbocycles. The zero-order chi connectivity index (χ0) is 13.9. The molecule has 2 aromatic heterocycles. The van der Waals surface area contributed by atoms with Gasteiger partial charge in [0.2, 0.25) is 0 Å². The largest absolute Gasteiger partial charge is 0.305 e. The van der Waals surface area contributed by atoms with E-state index in [1.165, 1.54) is 37.0 Å². The Morgan fingerprint density at radius 2 is 2.15 bits per heavy atom. The van der Waals surface area contributed by atoms with Crippen LogP contribution in [0.3, 0.4) is 0 Å². The minimum Gasteiger partial charge on any atom is -0.305 e. The van der Waals surface area contributed by atoms with E-state index in [1.807, 2.05) is 6.20 Å². The molecule has 2 aromatic rings. The van der Waals surface area contributed by atoms with Crippen LogP contribution in [-0.4, -0.2) is 52.6 Å². The number of pyridine rings is 1. The molecule has 0 unspecified atom stereocenters. The number of hydrogen-bond donors (Lipinski definition) is 0. The van der Waals surface area contributed by atoms with Crippen LogP contribution in [0, 0.1) is 0 Å². The van der Waals surface area contributed by atoms with Crippen LogP contribution in [0.5, 0.6) is 0 Å². The number of aromatic nitrogens is 2. The van der Waals surface area contributed by atoms with Gasteiger partial charge in [-0.3, -0.25) is 4.90 Å². The molecule has 0 aromatic carbocycles. The first kappa shape index (κ1) is 13.6. The normalized spacial score (nSPS) is 21.4. The molecule has 0 bridgehead atoms. The molecule has 0 spiro atoms. The first-order valence-electron chi connectivity index (χ1n) is 7.54. The second kappa shape index (κ2) is 5.94. The van der Waals surface area contributed by atoms with Gasteiger partial charge in [-0.2, -0.15) is 5.10 Å². The van der Waals surface area contributed by atoms with Gasteiger partial charge in [0.1, 0.15) is 0 Å². The van der Waals surface area contributed by atoms with Crippen molar-refractivity contribution in [3.8, 4) is 0 Å². The zero-order valence-electron chi connectivity index (χ0n) is 12.5. The van der Waals surface area contributed by atoms with Gasteiger partial charge in [-0.25, -0.2) is 4.52 Å². The average molecular weight is 272 g/mol. The van der Waals surface area contributed by atoms with Crippen molar-refractivity contribution in [2.75, 3.05) is 27.2 Å². The predicted molar refractivity (Wildman–Crippen MR) is 81.8 cm³/mol.